The molecule has 1 saturated carbocycles. The van der Waals surface area contributed by atoms with Crippen molar-refractivity contribution in [3.8, 4) is 0 Å². The Hall–Kier alpha value is -0.530. The lowest BCUT2D eigenvalue weighted by Gasteiger charge is -2.15. The predicted molar refractivity (Wildman–Crippen MR) is 60.7 cm³/mol. The normalized spacial score (nSPS) is 33.6. The SMILES string of the molecule is CC1CCC(NC2=NCCCCC2)C1. The van der Waals surface area contributed by atoms with Gasteiger partial charge in [0.15, 0.2) is 0 Å². The van der Waals surface area contributed by atoms with E-state index in [4.69, 9.17) is 0 Å². The summed E-state index contributed by atoms with van der Waals surface area (Å²) in [5.41, 5.74) is 0. The highest BCUT2D eigenvalue weighted by atomic mass is 15.0. The highest BCUT2D eigenvalue weighted by Gasteiger charge is 2.21. The monoisotopic (exact) mass is 194 g/mol. The maximum absolute atomic E-state index is 4.62. The molecule has 0 aromatic heterocycles. The van der Waals surface area contributed by atoms with E-state index in [1.165, 1.54) is 50.8 Å². The van der Waals surface area contributed by atoms with E-state index in [-0.39, 0.29) is 0 Å². The molecular formula is C12H22N2. The van der Waals surface area contributed by atoms with Gasteiger partial charge in [0.25, 0.3) is 0 Å². The molecule has 0 amide bonds. The van der Waals surface area contributed by atoms with E-state index in [1.807, 2.05) is 0 Å². The van der Waals surface area contributed by atoms with E-state index in [1.54, 1.807) is 0 Å². The van der Waals surface area contributed by atoms with Crippen LogP contribution in [0, 0.1) is 5.92 Å². The summed E-state index contributed by atoms with van der Waals surface area (Å²) in [6, 6.07) is 0.724. The molecule has 2 heteroatoms. The summed E-state index contributed by atoms with van der Waals surface area (Å²) < 4.78 is 0. The lowest BCUT2D eigenvalue weighted by molar-refractivity contribution is 0.567. The zero-order valence-electron chi connectivity index (χ0n) is 9.26. The number of amidine groups is 1. The molecule has 0 aromatic rings. The molecule has 0 aromatic carbocycles. The van der Waals surface area contributed by atoms with Crippen LogP contribution in [-0.2, 0) is 0 Å². The van der Waals surface area contributed by atoms with Crippen LogP contribution in [0.2, 0.25) is 0 Å². The lowest BCUT2D eigenvalue weighted by atomic mass is 10.1. The van der Waals surface area contributed by atoms with Gasteiger partial charge in [-0.05, 0) is 38.0 Å². The van der Waals surface area contributed by atoms with Crippen LogP contribution in [0.1, 0.15) is 51.9 Å². The Balaban J connectivity index is 1.80. The van der Waals surface area contributed by atoms with Crippen LogP contribution in [0.5, 0.6) is 0 Å². The summed E-state index contributed by atoms with van der Waals surface area (Å²) in [4.78, 5) is 4.62. The van der Waals surface area contributed by atoms with Gasteiger partial charge in [-0.2, -0.15) is 0 Å². The largest absolute Gasteiger partial charge is 0.371 e. The Morgan fingerprint density at radius 3 is 2.93 bits per heavy atom. The molecule has 0 bridgehead atoms. The second-order valence-electron chi connectivity index (χ2n) is 4.90. The minimum Gasteiger partial charge on any atom is -0.371 e. The highest BCUT2D eigenvalue weighted by Crippen LogP contribution is 2.24. The maximum Gasteiger partial charge on any atom is 0.0965 e. The molecule has 2 aliphatic rings. The average molecular weight is 194 g/mol. The van der Waals surface area contributed by atoms with Gasteiger partial charge in [-0.3, -0.25) is 4.99 Å². The van der Waals surface area contributed by atoms with E-state index < -0.39 is 0 Å². The third kappa shape index (κ3) is 2.73. The van der Waals surface area contributed by atoms with Crippen molar-refractivity contribution in [1.82, 2.24) is 5.32 Å². The van der Waals surface area contributed by atoms with E-state index in [0.717, 1.165) is 18.5 Å². The van der Waals surface area contributed by atoms with Crippen molar-refractivity contribution in [3.63, 3.8) is 0 Å². The van der Waals surface area contributed by atoms with Gasteiger partial charge in [-0.15, -0.1) is 0 Å². The second-order valence-corrected chi connectivity index (χ2v) is 4.90. The Bertz CT molecular complexity index is 210. The minimum atomic E-state index is 0.724. The molecule has 1 fully saturated rings. The highest BCUT2D eigenvalue weighted by molar-refractivity contribution is 5.82. The van der Waals surface area contributed by atoms with Crippen LogP contribution < -0.4 is 5.32 Å². The summed E-state index contributed by atoms with van der Waals surface area (Å²) >= 11 is 0. The number of nitrogens with one attached hydrogen (secondary N) is 1. The third-order valence-electron chi connectivity index (χ3n) is 3.44. The van der Waals surface area contributed by atoms with Gasteiger partial charge >= 0.3 is 0 Å². The maximum atomic E-state index is 4.62. The fraction of sp³-hybridized carbons (Fsp3) is 0.917. The van der Waals surface area contributed by atoms with E-state index in [2.05, 4.69) is 17.2 Å². The fourth-order valence-corrected chi connectivity index (χ4v) is 2.57. The first-order valence-electron chi connectivity index (χ1n) is 6.14. The number of aliphatic imine (C=N–C) groups is 1. The second kappa shape index (κ2) is 4.81. The molecule has 0 radical (unpaired) electrons. The van der Waals surface area contributed by atoms with Crippen LogP contribution in [0.3, 0.4) is 0 Å². The van der Waals surface area contributed by atoms with Gasteiger partial charge in [-0.1, -0.05) is 13.3 Å². The van der Waals surface area contributed by atoms with Gasteiger partial charge in [0.1, 0.15) is 0 Å². The van der Waals surface area contributed by atoms with Gasteiger partial charge in [0, 0.05) is 19.0 Å². The van der Waals surface area contributed by atoms with Crippen molar-refractivity contribution in [2.45, 2.75) is 57.9 Å². The molecule has 0 saturated heterocycles. The van der Waals surface area contributed by atoms with Crippen molar-refractivity contribution >= 4 is 5.84 Å². The van der Waals surface area contributed by atoms with Gasteiger partial charge in [0.05, 0.1) is 5.84 Å². The molecule has 1 aliphatic heterocycles. The standard InChI is InChI=1S/C12H22N2/c1-10-6-7-11(9-10)14-12-5-3-2-4-8-13-12/h10-11H,2-9H2,1H3,(H,13,14). The van der Waals surface area contributed by atoms with Crippen molar-refractivity contribution < 1.29 is 0 Å². The van der Waals surface area contributed by atoms with E-state index >= 15 is 0 Å². The first-order valence-corrected chi connectivity index (χ1v) is 6.14. The molecular weight excluding hydrogens is 172 g/mol. The Labute approximate surface area is 87.2 Å². The molecule has 1 aliphatic carbocycles. The first kappa shape index (κ1) is 10.0. The number of rotatable bonds is 1. The fourth-order valence-electron chi connectivity index (χ4n) is 2.57. The van der Waals surface area contributed by atoms with E-state index in [0.29, 0.717) is 0 Å². The minimum absolute atomic E-state index is 0.724. The molecule has 2 nitrogen and oxygen atoms in total. The Morgan fingerprint density at radius 1 is 1.21 bits per heavy atom. The van der Waals surface area contributed by atoms with Crippen LogP contribution in [-0.4, -0.2) is 18.4 Å². The smallest absolute Gasteiger partial charge is 0.0965 e. The van der Waals surface area contributed by atoms with Gasteiger partial charge in [-0.25, -0.2) is 0 Å². The summed E-state index contributed by atoms with van der Waals surface area (Å²) in [5.74, 6) is 2.21. The average Bonchev–Trinajstić information content (AvgIpc) is 2.43. The lowest BCUT2D eigenvalue weighted by Crippen LogP contribution is -2.32. The molecule has 80 valence electrons. The predicted octanol–water partition coefficient (Wildman–Crippen LogP) is 2.74. The number of nitrogens with zero attached hydrogens (tertiary/aromatic N) is 1. The molecule has 0 spiro atoms. The van der Waals surface area contributed by atoms with Gasteiger partial charge < -0.3 is 5.32 Å². The molecule has 1 heterocycles. The summed E-state index contributed by atoms with van der Waals surface area (Å²) in [5, 5.41) is 3.64. The van der Waals surface area contributed by atoms with Crippen molar-refractivity contribution in [2.75, 3.05) is 6.54 Å². The topological polar surface area (TPSA) is 24.4 Å². The quantitative estimate of drug-likeness (QED) is 0.682. The molecule has 1 N–H and O–H groups in total. The van der Waals surface area contributed by atoms with Crippen LogP contribution in [0.25, 0.3) is 0 Å². The van der Waals surface area contributed by atoms with Crippen LogP contribution in [0.4, 0.5) is 0 Å². The summed E-state index contributed by atoms with van der Waals surface area (Å²) in [6.45, 7) is 3.40. The Morgan fingerprint density at radius 2 is 2.14 bits per heavy atom. The van der Waals surface area contributed by atoms with E-state index in [9.17, 15) is 0 Å². The Kier molecular flexibility index (Phi) is 3.44. The van der Waals surface area contributed by atoms with Crippen LogP contribution >= 0.6 is 0 Å². The molecule has 2 atom stereocenters. The van der Waals surface area contributed by atoms with Crippen molar-refractivity contribution in [2.24, 2.45) is 10.9 Å². The molecule has 14 heavy (non-hydrogen) atoms. The molecule has 2 unspecified atom stereocenters. The zero-order valence-corrected chi connectivity index (χ0v) is 9.26. The van der Waals surface area contributed by atoms with Crippen molar-refractivity contribution in [3.05, 3.63) is 0 Å². The van der Waals surface area contributed by atoms with Crippen LogP contribution in [0.15, 0.2) is 4.99 Å². The van der Waals surface area contributed by atoms with Gasteiger partial charge in [0.2, 0.25) is 0 Å². The number of hydrogen-bond acceptors (Lipinski definition) is 2. The number of hydrogen-bond donors (Lipinski definition) is 1. The van der Waals surface area contributed by atoms with Crippen molar-refractivity contribution in [1.29, 1.82) is 0 Å². The summed E-state index contributed by atoms with van der Waals surface area (Å²) in [6.07, 6.45) is 9.24. The molecule has 2 rings (SSSR count). The zero-order chi connectivity index (χ0) is 9.80. The summed E-state index contributed by atoms with van der Waals surface area (Å²) in [7, 11) is 0. The third-order valence-corrected chi connectivity index (χ3v) is 3.44. The first-order chi connectivity index (χ1) is 6.84.